The van der Waals surface area contributed by atoms with Crippen molar-refractivity contribution < 1.29 is 8.42 Å². The third-order valence-electron chi connectivity index (χ3n) is 6.42. The molecule has 5 aromatic rings. The number of hydrogen-bond donors (Lipinski definition) is 1. The van der Waals surface area contributed by atoms with E-state index < -0.39 is 10.0 Å². The molecule has 1 saturated heterocycles. The van der Waals surface area contributed by atoms with Crippen molar-refractivity contribution in [2.45, 2.75) is 38.3 Å². The maximum atomic E-state index is 11.9. The number of pyridine rings is 2. The molecule has 216 valence electrons. The summed E-state index contributed by atoms with van der Waals surface area (Å²) in [6.07, 6.45) is 6.59. The lowest BCUT2D eigenvalue weighted by Crippen LogP contribution is -2.37. The number of hydrogen-bond acceptors (Lipinski definition) is 10. The van der Waals surface area contributed by atoms with Crippen LogP contribution in [0.4, 0.5) is 10.9 Å². The van der Waals surface area contributed by atoms with Crippen LogP contribution in [0.2, 0.25) is 0 Å². The Kier molecular flexibility index (Phi) is 11.0. The van der Waals surface area contributed by atoms with Crippen molar-refractivity contribution in [3.8, 4) is 0 Å². The molecule has 0 atom stereocenters. The fraction of sp³-hybridized carbons (Fsp3) is 0.222. The normalized spacial score (nSPS) is 14.4. The standard InChI is InChI=1S/C27H25N5O2S5.2ClH/c1-39(33,34)32-12-8-18(9-13-32)22-17-36-27(30-22)31-26-24(37-19-5-3-2-4-6-19)15-20(16-29-26)38-23-7-11-28-21-10-14-35-25(21)23;;/h2-7,10-11,14-18H,8-9,12-13H2,1H3,(H,29,30,31);2*1H. The number of halogens is 2. The lowest BCUT2D eigenvalue weighted by atomic mass is 9.95. The van der Waals surface area contributed by atoms with E-state index in [0.29, 0.717) is 13.1 Å². The van der Waals surface area contributed by atoms with Crippen molar-refractivity contribution in [1.29, 1.82) is 0 Å². The smallest absolute Gasteiger partial charge is 0.211 e. The number of piperidine rings is 1. The predicted molar refractivity (Wildman–Crippen MR) is 177 cm³/mol. The number of sulfonamides is 1. The van der Waals surface area contributed by atoms with Crippen molar-refractivity contribution in [2.24, 2.45) is 0 Å². The van der Waals surface area contributed by atoms with Gasteiger partial charge in [0.25, 0.3) is 0 Å². The molecule has 0 saturated carbocycles. The van der Waals surface area contributed by atoms with E-state index in [-0.39, 0.29) is 30.7 Å². The molecule has 0 spiro atoms. The molecular formula is C27H27Cl2N5O2S5. The number of anilines is 2. The summed E-state index contributed by atoms with van der Waals surface area (Å²) in [5.41, 5.74) is 2.02. The van der Waals surface area contributed by atoms with Gasteiger partial charge < -0.3 is 5.32 Å². The topological polar surface area (TPSA) is 88.1 Å². The van der Waals surface area contributed by atoms with E-state index in [0.717, 1.165) is 49.7 Å². The summed E-state index contributed by atoms with van der Waals surface area (Å²) in [6.45, 7) is 1.08. The summed E-state index contributed by atoms with van der Waals surface area (Å²) in [7, 11) is -3.14. The van der Waals surface area contributed by atoms with Gasteiger partial charge in [0.1, 0.15) is 5.82 Å². The van der Waals surface area contributed by atoms with Gasteiger partial charge in [-0.3, -0.25) is 4.98 Å². The number of thiophene rings is 1. The van der Waals surface area contributed by atoms with E-state index in [2.05, 4.69) is 45.3 Å². The van der Waals surface area contributed by atoms with Crippen LogP contribution in [0, 0.1) is 0 Å². The molecule has 0 bridgehead atoms. The first kappa shape index (κ1) is 32.0. The summed E-state index contributed by atoms with van der Waals surface area (Å²) in [6, 6.07) is 16.5. The van der Waals surface area contributed by atoms with Gasteiger partial charge in [-0.1, -0.05) is 41.7 Å². The van der Waals surface area contributed by atoms with E-state index in [9.17, 15) is 8.42 Å². The molecular weight excluding hydrogens is 658 g/mol. The van der Waals surface area contributed by atoms with E-state index in [1.165, 1.54) is 15.9 Å². The maximum absolute atomic E-state index is 11.9. The predicted octanol–water partition coefficient (Wildman–Crippen LogP) is 8.18. The highest BCUT2D eigenvalue weighted by Crippen LogP contribution is 2.41. The molecule has 1 fully saturated rings. The zero-order chi connectivity index (χ0) is 26.8. The molecule has 0 radical (unpaired) electrons. The Balaban J connectivity index is 0.00000194. The van der Waals surface area contributed by atoms with Crippen molar-refractivity contribution in [2.75, 3.05) is 24.7 Å². The summed E-state index contributed by atoms with van der Waals surface area (Å²) in [4.78, 5) is 18.5. The number of rotatable bonds is 8. The van der Waals surface area contributed by atoms with Crippen molar-refractivity contribution in [3.63, 3.8) is 0 Å². The maximum Gasteiger partial charge on any atom is 0.211 e. The molecule has 0 unspecified atom stereocenters. The van der Waals surface area contributed by atoms with Gasteiger partial charge in [0.15, 0.2) is 5.13 Å². The van der Waals surface area contributed by atoms with Crippen molar-refractivity contribution in [3.05, 3.63) is 77.4 Å². The van der Waals surface area contributed by atoms with Gasteiger partial charge >= 0.3 is 0 Å². The second-order valence-corrected chi connectivity index (χ2v) is 15.1. The van der Waals surface area contributed by atoms with Gasteiger partial charge in [-0.05, 0) is 48.6 Å². The number of fused-ring (bicyclic) bond motifs is 1. The minimum atomic E-state index is -3.14. The monoisotopic (exact) mass is 683 g/mol. The van der Waals surface area contributed by atoms with Crippen LogP contribution < -0.4 is 5.32 Å². The van der Waals surface area contributed by atoms with Crippen LogP contribution >= 0.6 is 71.0 Å². The Bertz CT molecular complexity index is 1710. The van der Waals surface area contributed by atoms with E-state index in [1.54, 1.807) is 50.5 Å². The number of benzene rings is 1. The molecule has 1 N–H and O–H groups in total. The SMILES string of the molecule is CS(=O)(=O)N1CCC(c2csc(Nc3ncc(Sc4ccnc5ccsc45)cc3Sc3ccccc3)n2)CC1.Cl.Cl. The summed E-state index contributed by atoms with van der Waals surface area (Å²) in [5.74, 6) is 1.02. The average Bonchev–Trinajstić information content (AvgIpc) is 3.61. The first-order valence-corrected chi connectivity index (χ1v) is 17.6. The van der Waals surface area contributed by atoms with E-state index in [4.69, 9.17) is 9.97 Å². The van der Waals surface area contributed by atoms with Gasteiger partial charge in [0, 0.05) is 51.5 Å². The fourth-order valence-electron chi connectivity index (χ4n) is 4.44. The van der Waals surface area contributed by atoms with Gasteiger partial charge in [-0.2, -0.15) is 0 Å². The summed E-state index contributed by atoms with van der Waals surface area (Å²) < 4.78 is 26.5. The summed E-state index contributed by atoms with van der Waals surface area (Å²) >= 11 is 6.61. The average molecular weight is 685 g/mol. The molecule has 1 aliphatic heterocycles. The lowest BCUT2D eigenvalue weighted by molar-refractivity contribution is 0.319. The molecule has 0 amide bonds. The Morgan fingerprint density at radius 2 is 1.71 bits per heavy atom. The molecule has 1 aliphatic rings. The third kappa shape index (κ3) is 7.74. The Hall–Kier alpha value is -1.90. The van der Waals surface area contributed by atoms with Gasteiger partial charge in [-0.25, -0.2) is 22.7 Å². The molecule has 4 aromatic heterocycles. The van der Waals surface area contributed by atoms with Crippen LogP contribution in [0.5, 0.6) is 0 Å². The third-order valence-corrected chi connectivity index (χ3v) is 11.6. The second-order valence-electron chi connectivity index (χ2n) is 9.12. The molecule has 5 heterocycles. The van der Waals surface area contributed by atoms with Gasteiger partial charge in [0.2, 0.25) is 10.0 Å². The van der Waals surface area contributed by atoms with E-state index in [1.807, 2.05) is 36.7 Å². The quantitative estimate of drug-likeness (QED) is 0.175. The Morgan fingerprint density at radius 3 is 2.46 bits per heavy atom. The summed E-state index contributed by atoms with van der Waals surface area (Å²) in [5, 5.41) is 8.39. The minimum absolute atomic E-state index is 0. The lowest BCUT2D eigenvalue weighted by Gasteiger charge is -2.29. The van der Waals surface area contributed by atoms with E-state index >= 15 is 0 Å². The first-order valence-electron chi connectivity index (χ1n) is 12.3. The van der Waals surface area contributed by atoms with Crippen LogP contribution in [-0.4, -0.2) is 47.0 Å². The number of thiazole rings is 1. The van der Waals surface area contributed by atoms with Crippen LogP contribution in [0.15, 0.2) is 91.3 Å². The molecule has 0 aliphatic carbocycles. The highest BCUT2D eigenvalue weighted by Gasteiger charge is 2.27. The zero-order valence-electron chi connectivity index (χ0n) is 21.8. The number of nitrogens with one attached hydrogen (secondary N) is 1. The van der Waals surface area contributed by atoms with Crippen molar-refractivity contribution in [1.82, 2.24) is 19.3 Å². The molecule has 14 heteroatoms. The first-order chi connectivity index (χ1) is 18.9. The van der Waals surface area contributed by atoms with Gasteiger partial charge in [-0.15, -0.1) is 47.5 Å². The highest BCUT2D eigenvalue weighted by molar-refractivity contribution is 8.00. The van der Waals surface area contributed by atoms with Crippen LogP contribution in [0.3, 0.4) is 0 Å². The van der Waals surface area contributed by atoms with Crippen LogP contribution in [0.25, 0.3) is 10.2 Å². The molecule has 1 aromatic carbocycles. The molecule has 41 heavy (non-hydrogen) atoms. The largest absolute Gasteiger partial charge is 0.315 e. The van der Waals surface area contributed by atoms with Crippen LogP contribution in [-0.2, 0) is 10.0 Å². The Labute approximate surface area is 268 Å². The van der Waals surface area contributed by atoms with Gasteiger partial charge in [0.05, 0.1) is 27.1 Å². The molecule has 6 rings (SSSR count). The van der Waals surface area contributed by atoms with Crippen molar-refractivity contribution >= 4 is 102 Å². The molecule has 7 nitrogen and oxygen atoms in total. The Morgan fingerprint density at radius 1 is 0.951 bits per heavy atom. The highest BCUT2D eigenvalue weighted by atomic mass is 35.5. The fourth-order valence-corrected chi connectivity index (χ4v) is 9.01. The second kappa shape index (κ2) is 14.0. The zero-order valence-corrected chi connectivity index (χ0v) is 27.5. The number of nitrogens with zero attached hydrogens (tertiary/aromatic N) is 4. The number of aromatic nitrogens is 3. The minimum Gasteiger partial charge on any atom is -0.315 e. The van der Waals surface area contributed by atoms with Crippen LogP contribution in [0.1, 0.15) is 24.5 Å².